The molecular formula is C11H13BrFNO3S. The van der Waals surface area contributed by atoms with Crippen LogP contribution in [0.15, 0.2) is 27.6 Å². The number of hydrogen-bond donors (Lipinski definition) is 1. The number of nitrogens with zero attached hydrogens (tertiary/aromatic N) is 1. The fourth-order valence-corrected chi connectivity index (χ4v) is 3.65. The molecule has 0 aromatic heterocycles. The molecule has 100 valence electrons. The summed E-state index contributed by atoms with van der Waals surface area (Å²) in [5, 5.41) is 9.81. The molecule has 1 aromatic rings. The van der Waals surface area contributed by atoms with Crippen LogP contribution in [0.2, 0.25) is 0 Å². The summed E-state index contributed by atoms with van der Waals surface area (Å²) in [4.78, 5) is -0.0960. The highest BCUT2D eigenvalue weighted by Crippen LogP contribution is 2.31. The van der Waals surface area contributed by atoms with E-state index >= 15 is 0 Å². The van der Waals surface area contributed by atoms with Crippen molar-refractivity contribution in [2.24, 2.45) is 0 Å². The first-order chi connectivity index (χ1) is 8.28. The summed E-state index contributed by atoms with van der Waals surface area (Å²) >= 11 is 2.97. The lowest BCUT2D eigenvalue weighted by atomic mass is 9.94. The Morgan fingerprint density at radius 2 is 2.11 bits per heavy atom. The first-order valence-corrected chi connectivity index (χ1v) is 7.69. The minimum Gasteiger partial charge on any atom is -0.387 e. The van der Waals surface area contributed by atoms with E-state index in [0.717, 1.165) is 10.4 Å². The molecule has 7 heteroatoms. The van der Waals surface area contributed by atoms with Gasteiger partial charge in [-0.15, -0.1) is 0 Å². The molecule has 1 aromatic carbocycles. The van der Waals surface area contributed by atoms with E-state index in [-0.39, 0.29) is 22.5 Å². The molecular weight excluding hydrogens is 325 g/mol. The van der Waals surface area contributed by atoms with Crippen LogP contribution in [0.5, 0.6) is 0 Å². The summed E-state index contributed by atoms with van der Waals surface area (Å²) in [7, 11) is -3.71. The second kappa shape index (κ2) is 4.56. The number of β-amino-alcohol motifs (C(OH)–C–C–N with tert-alkyl or cyclic N) is 1. The lowest BCUT2D eigenvalue weighted by molar-refractivity contribution is -0.0613. The van der Waals surface area contributed by atoms with Gasteiger partial charge in [-0.1, -0.05) is 6.92 Å². The Morgan fingerprint density at radius 3 is 2.61 bits per heavy atom. The van der Waals surface area contributed by atoms with Crippen LogP contribution in [-0.2, 0) is 10.0 Å². The molecule has 2 rings (SSSR count). The van der Waals surface area contributed by atoms with Crippen LogP contribution in [0.1, 0.15) is 13.3 Å². The lowest BCUT2D eigenvalue weighted by Crippen LogP contribution is -2.62. The van der Waals surface area contributed by atoms with E-state index in [1.165, 1.54) is 12.1 Å². The van der Waals surface area contributed by atoms with E-state index in [1.807, 2.05) is 0 Å². The van der Waals surface area contributed by atoms with Crippen LogP contribution in [0, 0.1) is 5.82 Å². The molecule has 0 atom stereocenters. The van der Waals surface area contributed by atoms with Crippen molar-refractivity contribution in [3.8, 4) is 0 Å². The molecule has 1 N–H and O–H groups in total. The summed E-state index contributed by atoms with van der Waals surface area (Å²) in [5.41, 5.74) is -0.943. The highest BCUT2D eigenvalue weighted by atomic mass is 79.9. The number of hydrogen-bond acceptors (Lipinski definition) is 3. The van der Waals surface area contributed by atoms with Crippen LogP contribution in [-0.4, -0.2) is 36.5 Å². The Kier molecular flexibility index (Phi) is 3.52. The van der Waals surface area contributed by atoms with Gasteiger partial charge in [0.1, 0.15) is 5.82 Å². The van der Waals surface area contributed by atoms with Crippen molar-refractivity contribution < 1.29 is 17.9 Å². The molecule has 0 spiro atoms. The normalized spacial score (nSPS) is 19.6. The highest BCUT2D eigenvalue weighted by molar-refractivity contribution is 9.10. The summed E-state index contributed by atoms with van der Waals surface area (Å²) in [5.74, 6) is -0.623. The Morgan fingerprint density at radius 1 is 1.50 bits per heavy atom. The first kappa shape index (κ1) is 13.9. The van der Waals surface area contributed by atoms with Crippen molar-refractivity contribution in [1.82, 2.24) is 4.31 Å². The molecule has 1 heterocycles. The molecule has 4 nitrogen and oxygen atoms in total. The van der Waals surface area contributed by atoms with Gasteiger partial charge in [0, 0.05) is 13.1 Å². The predicted octanol–water partition coefficient (Wildman–Crippen LogP) is 1.73. The van der Waals surface area contributed by atoms with Crippen LogP contribution in [0.4, 0.5) is 4.39 Å². The van der Waals surface area contributed by atoms with Gasteiger partial charge < -0.3 is 5.11 Å². The molecule has 0 saturated carbocycles. The molecule has 1 fully saturated rings. The van der Waals surface area contributed by atoms with E-state index < -0.39 is 21.4 Å². The van der Waals surface area contributed by atoms with Gasteiger partial charge in [0.15, 0.2) is 0 Å². The number of benzene rings is 1. The van der Waals surface area contributed by atoms with Gasteiger partial charge in [-0.2, -0.15) is 4.31 Å². The fourth-order valence-electron chi connectivity index (χ4n) is 1.79. The average molecular weight is 338 g/mol. The molecule has 0 bridgehead atoms. The second-order valence-corrected chi connectivity index (χ2v) is 7.22. The molecule has 18 heavy (non-hydrogen) atoms. The minimum absolute atomic E-state index is 0.0590. The van der Waals surface area contributed by atoms with Crippen molar-refractivity contribution in [1.29, 1.82) is 0 Å². The lowest BCUT2D eigenvalue weighted by Gasteiger charge is -2.44. The van der Waals surface area contributed by atoms with Gasteiger partial charge in [-0.25, -0.2) is 12.8 Å². The standard InChI is InChI=1S/C11H13BrFNO3S/c1-2-11(15)6-14(7-11)18(16,17)8-3-4-9(12)10(13)5-8/h3-5,15H,2,6-7H2,1H3. The third-order valence-electron chi connectivity index (χ3n) is 3.13. The van der Waals surface area contributed by atoms with Gasteiger partial charge in [-0.3, -0.25) is 0 Å². The van der Waals surface area contributed by atoms with Crippen molar-refractivity contribution in [3.05, 3.63) is 28.5 Å². The average Bonchev–Trinajstić information content (AvgIpc) is 2.28. The highest BCUT2D eigenvalue weighted by Gasteiger charge is 2.46. The third kappa shape index (κ3) is 2.32. The molecule has 0 unspecified atom stereocenters. The van der Waals surface area contributed by atoms with Gasteiger partial charge in [0.2, 0.25) is 10.0 Å². The maximum absolute atomic E-state index is 13.3. The van der Waals surface area contributed by atoms with Crippen LogP contribution >= 0.6 is 15.9 Å². The van der Waals surface area contributed by atoms with E-state index in [9.17, 15) is 17.9 Å². The monoisotopic (exact) mass is 337 g/mol. The molecule has 1 saturated heterocycles. The van der Waals surface area contributed by atoms with E-state index in [1.54, 1.807) is 6.92 Å². The quantitative estimate of drug-likeness (QED) is 0.913. The van der Waals surface area contributed by atoms with Gasteiger partial charge in [0.25, 0.3) is 0 Å². The Balaban J connectivity index is 2.25. The van der Waals surface area contributed by atoms with Crippen molar-refractivity contribution in [3.63, 3.8) is 0 Å². The van der Waals surface area contributed by atoms with E-state index in [0.29, 0.717) is 6.42 Å². The Bertz CT molecular complexity index is 570. The number of sulfonamides is 1. The maximum atomic E-state index is 13.3. The summed E-state index contributed by atoms with van der Waals surface area (Å²) in [6.07, 6.45) is 0.494. The zero-order valence-electron chi connectivity index (χ0n) is 9.73. The van der Waals surface area contributed by atoms with E-state index in [4.69, 9.17) is 0 Å². The Hall–Kier alpha value is -0.500. The fraction of sp³-hybridized carbons (Fsp3) is 0.455. The van der Waals surface area contributed by atoms with Gasteiger partial charge >= 0.3 is 0 Å². The zero-order valence-corrected chi connectivity index (χ0v) is 12.1. The Labute approximate surface area is 114 Å². The van der Waals surface area contributed by atoms with Gasteiger partial charge in [-0.05, 0) is 40.5 Å². The van der Waals surface area contributed by atoms with Crippen LogP contribution in [0.3, 0.4) is 0 Å². The smallest absolute Gasteiger partial charge is 0.243 e. The second-order valence-electron chi connectivity index (χ2n) is 4.43. The van der Waals surface area contributed by atoms with Crippen molar-refractivity contribution >= 4 is 26.0 Å². The molecule has 0 radical (unpaired) electrons. The SMILES string of the molecule is CCC1(O)CN(S(=O)(=O)c2ccc(Br)c(F)c2)C1. The van der Waals surface area contributed by atoms with Crippen molar-refractivity contribution in [2.45, 2.75) is 23.8 Å². The van der Waals surface area contributed by atoms with Gasteiger partial charge in [0.05, 0.1) is 15.0 Å². The number of aliphatic hydroxyl groups is 1. The first-order valence-electron chi connectivity index (χ1n) is 5.46. The van der Waals surface area contributed by atoms with E-state index in [2.05, 4.69) is 15.9 Å². The van der Waals surface area contributed by atoms with Crippen LogP contribution in [0.25, 0.3) is 0 Å². The largest absolute Gasteiger partial charge is 0.387 e. The third-order valence-corrected chi connectivity index (χ3v) is 5.56. The molecule has 0 amide bonds. The summed E-state index contributed by atoms with van der Waals surface area (Å²) in [6, 6.07) is 3.67. The minimum atomic E-state index is -3.71. The molecule has 1 aliphatic rings. The number of rotatable bonds is 3. The summed E-state index contributed by atoms with van der Waals surface area (Å²) in [6.45, 7) is 1.91. The topological polar surface area (TPSA) is 57.6 Å². The molecule has 0 aliphatic carbocycles. The zero-order chi connectivity index (χ0) is 13.6. The molecule has 1 aliphatic heterocycles. The van der Waals surface area contributed by atoms with Crippen molar-refractivity contribution in [2.75, 3.05) is 13.1 Å². The number of halogens is 2. The summed E-state index contributed by atoms with van der Waals surface area (Å²) < 4.78 is 38.9. The maximum Gasteiger partial charge on any atom is 0.243 e. The van der Waals surface area contributed by atoms with Crippen LogP contribution < -0.4 is 0 Å². The predicted molar refractivity (Wildman–Crippen MR) is 68.1 cm³/mol.